The Morgan fingerprint density at radius 2 is 1.74 bits per heavy atom. The number of hydroxylamine groups is 2. The topological polar surface area (TPSA) is 72.9 Å². The van der Waals surface area contributed by atoms with E-state index < -0.39 is 17.8 Å². The molecule has 1 aliphatic heterocycles. The van der Waals surface area contributed by atoms with Gasteiger partial charge < -0.3 is 9.57 Å². The number of nitrogens with zero attached hydrogens (tertiary/aromatic N) is 1. The molecule has 0 aromatic heterocycles. The molecule has 122 valence electrons. The minimum atomic E-state index is -0.606. The Hall–Kier alpha value is -2.47. The van der Waals surface area contributed by atoms with Crippen LogP contribution in [0.4, 0.5) is 0 Å². The smallest absolute Gasteiger partial charge is 0.333 e. The van der Waals surface area contributed by atoms with Crippen LogP contribution in [0.5, 0.6) is 0 Å². The number of carbonyl (C=O) groups is 3. The monoisotopic (exact) mass is 317 g/mol. The van der Waals surface area contributed by atoms with Gasteiger partial charge >= 0.3 is 5.97 Å². The van der Waals surface area contributed by atoms with Crippen LogP contribution < -0.4 is 0 Å². The number of carbonyl (C=O) groups excluding carboxylic acids is 3. The van der Waals surface area contributed by atoms with E-state index in [2.05, 4.69) is 6.58 Å². The summed E-state index contributed by atoms with van der Waals surface area (Å²) in [4.78, 5) is 40.7. The molecule has 0 saturated carbocycles. The summed E-state index contributed by atoms with van der Waals surface area (Å²) in [6.07, 6.45) is 3.96. The van der Waals surface area contributed by atoms with Crippen molar-refractivity contribution in [2.24, 2.45) is 0 Å². The molecule has 6 nitrogen and oxygen atoms in total. The Bertz CT molecular complexity index is 576. The summed E-state index contributed by atoms with van der Waals surface area (Å²) in [7, 11) is 0. The van der Waals surface area contributed by atoms with E-state index in [9.17, 15) is 14.4 Å². The fraction of sp³-hybridized carbons (Fsp3) is 0.353. The SMILES string of the molecule is C=CCCOCCCCC(=O)ON1C(=O)c2ccccc2C1=O. The van der Waals surface area contributed by atoms with Gasteiger partial charge in [0, 0.05) is 19.6 Å². The fourth-order valence-corrected chi connectivity index (χ4v) is 2.14. The van der Waals surface area contributed by atoms with E-state index in [1.165, 1.54) is 12.1 Å². The van der Waals surface area contributed by atoms with Crippen molar-refractivity contribution in [3.05, 3.63) is 48.0 Å². The highest BCUT2D eigenvalue weighted by atomic mass is 16.7. The van der Waals surface area contributed by atoms with Gasteiger partial charge in [-0.1, -0.05) is 23.3 Å². The highest BCUT2D eigenvalue weighted by molar-refractivity contribution is 6.20. The molecule has 23 heavy (non-hydrogen) atoms. The van der Waals surface area contributed by atoms with E-state index in [0.717, 1.165) is 6.42 Å². The van der Waals surface area contributed by atoms with Crippen LogP contribution in [-0.4, -0.2) is 36.1 Å². The molecule has 0 N–H and O–H groups in total. The number of hydrogen-bond donors (Lipinski definition) is 0. The molecule has 0 bridgehead atoms. The number of imide groups is 1. The summed E-state index contributed by atoms with van der Waals surface area (Å²) in [5.41, 5.74) is 0.502. The van der Waals surface area contributed by atoms with Gasteiger partial charge in [0.05, 0.1) is 11.1 Å². The van der Waals surface area contributed by atoms with Gasteiger partial charge in [0.25, 0.3) is 11.8 Å². The third-order valence-corrected chi connectivity index (χ3v) is 3.34. The molecule has 1 aromatic rings. The standard InChI is InChI=1S/C17H19NO5/c1-2-3-11-22-12-7-6-10-15(19)23-18-16(20)13-8-4-5-9-14(13)17(18)21/h2,4-5,8-9H,1,3,6-7,10-12H2. The van der Waals surface area contributed by atoms with Crippen LogP contribution in [0.2, 0.25) is 0 Å². The molecule has 6 heteroatoms. The lowest BCUT2D eigenvalue weighted by Crippen LogP contribution is -2.32. The lowest BCUT2D eigenvalue weighted by molar-refractivity contribution is -0.168. The average molecular weight is 317 g/mol. The van der Waals surface area contributed by atoms with Crippen LogP contribution in [0.3, 0.4) is 0 Å². The van der Waals surface area contributed by atoms with Crippen molar-refractivity contribution in [3.63, 3.8) is 0 Å². The van der Waals surface area contributed by atoms with Gasteiger partial charge in [-0.25, -0.2) is 4.79 Å². The first-order valence-electron chi connectivity index (χ1n) is 7.52. The highest BCUT2D eigenvalue weighted by Gasteiger charge is 2.38. The second kappa shape index (κ2) is 8.24. The first-order valence-corrected chi connectivity index (χ1v) is 7.52. The maximum absolute atomic E-state index is 12.0. The van der Waals surface area contributed by atoms with Crippen molar-refractivity contribution in [1.82, 2.24) is 5.06 Å². The van der Waals surface area contributed by atoms with Crippen LogP contribution in [0.15, 0.2) is 36.9 Å². The molecule has 1 aromatic carbocycles. The quantitative estimate of drug-likeness (QED) is 0.397. The summed E-state index contributed by atoms with van der Waals surface area (Å²) in [5.74, 6) is -1.82. The van der Waals surface area contributed by atoms with Crippen molar-refractivity contribution in [3.8, 4) is 0 Å². The number of benzene rings is 1. The molecule has 1 heterocycles. The van der Waals surface area contributed by atoms with Gasteiger partial charge in [0.1, 0.15) is 0 Å². The Labute approximate surface area is 134 Å². The van der Waals surface area contributed by atoms with Gasteiger partial charge in [0.15, 0.2) is 0 Å². The molecule has 0 unspecified atom stereocenters. The van der Waals surface area contributed by atoms with Crippen LogP contribution >= 0.6 is 0 Å². The molecular weight excluding hydrogens is 298 g/mol. The molecule has 0 spiro atoms. The van der Waals surface area contributed by atoms with E-state index in [4.69, 9.17) is 9.57 Å². The van der Waals surface area contributed by atoms with Crippen molar-refractivity contribution in [2.75, 3.05) is 13.2 Å². The fourth-order valence-electron chi connectivity index (χ4n) is 2.14. The maximum Gasteiger partial charge on any atom is 0.333 e. The largest absolute Gasteiger partial charge is 0.381 e. The van der Waals surface area contributed by atoms with Gasteiger partial charge in [-0.05, 0) is 31.4 Å². The molecule has 0 aliphatic carbocycles. The predicted octanol–water partition coefficient (Wildman–Crippen LogP) is 2.50. The minimum absolute atomic E-state index is 0.123. The van der Waals surface area contributed by atoms with Crippen LogP contribution in [0.25, 0.3) is 0 Å². The number of fused-ring (bicyclic) bond motifs is 1. The molecule has 2 rings (SSSR count). The molecule has 2 amide bonds. The first-order chi connectivity index (χ1) is 11.1. The number of amides is 2. The molecule has 0 radical (unpaired) electrons. The van der Waals surface area contributed by atoms with E-state index in [-0.39, 0.29) is 17.5 Å². The molecule has 0 fully saturated rings. The summed E-state index contributed by atoms with van der Waals surface area (Å²) < 4.78 is 5.32. The van der Waals surface area contributed by atoms with Crippen molar-refractivity contribution >= 4 is 17.8 Å². The molecule has 0 atom stereocenters. The lowest BCUT2D eigenvalue weighted by Gasteiger charge is -2.12. The van der Waals surface area contributed by atoms with E-state index in [0.29, 0.717) is 31.1 Å². The number of unbranched alkanes of at least 4 members (excludes halogenated alkanes) is 1. The van der Waals surface area contributed by atoms with E-state index in [1.54, 1.807) is 18.2 Å². The van der Waals surface area contributed by atoms with Gasteiger partial charge in [-0.2, -0.15) is 0 Å². The Morgan fingerprint density at radius 1 is 1.09 bits per heavy atom. The molecular formula is C17H19NO5. The zero-order valence-electron chi connectivity index (χ0n) is 12.8. The van der Waals surface area contributed by atoms with Gasteiger partial charge in [-0.3, -0.25) is 9.59 Å². The minimum Gasteiger partial charge on any atom is -0.381 e. The zero-order valence-corrected chi connectivity index (χ0v) is 12.8. The summed E-state index contributed by atoms with van der Waals surface area (Å²) in [6.45, 7) is 4.76. The number of ether oxygens (including phenoxy) is 1. The molecule has 1 aliphatic rings. The van der Waals surface area contributed by atoms with Gasteiger partial charge in [-0.15, -0.1) is 6.58 Å². The van der Waals surface area contributed by atoms with E-state index in [1.807, 2.05) is 0 Å². The highest BCUT2D eigenvalue weighted by Crippen LogP contribution is 2.22. The maximum atomic E-state index is 12.0. The number of hydrogen-bond acceptors (Lipinski definition) is 5. The third kappa shape index (κ3) is 4.26. The second-order valence-electron chi connectivity index (χ2n) is 5.06. The van der Waals surface area contributed by atoms with Crippen LogP contribution in [0, 0.1) is 0 Å². The Kier molecular flexibility index (Phi) is 6.05. The third-order valence-electron chi connectivity index (χ3n) is 3.34. The average Bonchev–Trinajstić information content (AvgIpc) is 2.79. The summed E-state index contributed by atoms with van der Waals surface area (Å²) >= 11 is 0. The Balaban J connectivity index is 1.73. The predicted molar refractivity (Wildman–Crippen MR) is 82.5 cm³/mol. The lowest BCUT2D eigenvalue weighted by atomic mass is 10.1. The van der Waals surface area contributed by atoms with Gasteiger partial charge in [0.2, 0.25) is 0 Å². The van der Waals surface area contributed by atoms with E-state index >= 15 is 0 Å². The first kappa shape index (κ1) is 16.9. The van der Waals surface area contributed by atoms with Crippen molar-refractivity contribution < 1.29 is 24.0 Å². The van der Waals surface area contributed by atoms with Crippen molar-refractivity contribution in [2.45, 2.75) is 25.7 Å². The summed E-state index contributed by atoms with van der Waals surface area (Å²) in [6, 6.07) is 6.37. The van der Waals surface area contributed by atoms with Crippen LogP contribution in [-0.2, 0) is 14.4 Å². The number of rotatable bonds is 9. The van der Waals surface area contributed by atoms with Crippen LogP contribution in [0.1, 0.15) is 46.4 Å². The second-order valence-corrected chi connectivity index (χ2v) is 5.06. The molecule has 0 saturated heterocycles. The normalized spacial score (nSPS) is 13.1. The van der Waals surface area contributed by atoms with Crippen molar-refractivity contribution in [1.29, 1.82) is 0 Å². The zero-order chi connectivity index (χ0) is 16.7. The summed E-state index contributed by atoms with van der Waals surface area (Å²) in [5, 5.41) is 0.535. The Morgan fingerprint density at radius 3 is 2.35 bits per heavy atom.